The van der Waals surface area contributed by atoms with Crippen LogP contribution in [0.1, 0.15) is 31.6 Å². The van der Waals surface area contributed by atoms with Crippen molar-refractivity contribution in [2.45, 2.75) is 39.3 Å². The topological polar surface area (TPSA) is 51.5 Å². The molecule has 1 amide bonds. The summed E-state index contributed by atoms with van der Waals surface area (Å²) in [7, 11) is 0. The molecule has 0 saturated heterocycles. The number of carbonyl (C=O) groups excluding carboxylic acids is 1. The van der Waals surface area contributed by atoms with Crippen molar-refractivity contribution in [1.29, 1.82) is 0 Å². The van der Waals surface area contributed by atoms with Crippen molar-refractivity contribution in [3.8, 4) is 5.75 Å². The fourth-order valence-electron chi connectivity index (χ4n) is 1.99. The van der Waals surface area contributed by atoms with E-state index in [1.807, 2.05) is 37.3 Å². The third-order valence-corrected chi connectivity index (χ3v) is 3.29. The molecule has 1 unspecified atom stereocenters. The summed E-state index contributed by atoms with van der Waals surface area (Å²) in [6.45, 7) is 4.41. The predicted molar refractivity (Wildman–Crippen MR) is 81.1 cm³/mol. The minimum atomic E-state index is -0.493. The smallest absolute Gasteiger partial charge is 0.261 e. The first-order valence-electron chi connectivity index (χ1n) is 7.28. The molecule has 2 aromatic rings. The maximum Gasteiger partial charge on any atom is 0.261 e. The number of hydrogen-bond acceptors (Lipinski definition) is 3. The number of nitrogens with one attached hydrogen (secondary N) is 1. The number of ether oxygens (including phenoxy) is 1. The van der Waals surface area contributed by atoms with Crippen LogP contribution in [-0.2, 0) is 17.8 Å². The lowest BCUT2D eigenvalue weighted by Crippen LogP contribution is -2.37. The summed E-state index contributed by atoms with van der Waals surface area (Å²) >= 11 is 0. The molecule has 0 aliphatic heterocycles. The number of benzene rings is 1. The second-order valence-corrected chi connectivity index (χ2v) is 4.81. The fraction of sp³-hybridized carbons (Fsp3) is 0.353. The maximum absolute atomic E-state index is 12.1. The van der Waals surface area contributed by atoms with Gasteiger partial charge in [0, 0.05) is 0 Å². The lowest BCUT2D eigenvalue weighted by Gasteiger charge is -2.17. The van der Waals surface area contributed by atoms with Gasteiger partial charge in [0.1, 0.15) is 11.5 Å². The van der Waals surface area contributed by atoms with Gasteiger partial charge in [-0.2, -0.15) is 0 Å². The van der Waals surface area contributed by atoms with Crippen LogP contribution in [0.4, 0.5) is 0 Å². The summed E-state index contributed by atoms with van der Waals surface area (Å²) in [4.78, 5) is 12.1. The molecule has 4 heteroatoms. The Morgan fingerprint density at radius 3 is 2.57 bits per heavy atom. The third kappa shape index (κ3) is 4.38. The molecule has 2 rings (SSSR count). The molecule has 112 valence electrons. The second-order valence-electron chi connectivity index (χ2n) is 4.81. The number of rotatable bonds is 7. The van der Waals surface area contributed by atoms with Crippen molar-refractivity contribution in [3.63, 3.8) is 0 Å². The monoisotopic (exact) mass is 287 g/mol. The normalized spacial score (nSPS) is 11.9. The number of aryl methyl sites for hydroxylation is 1. The van der Waals surface area contributed by atoms with Gasteiger partial charge in [0.25, 0.3) is 5.91 Å². The molecule has 21 heavy (non-hydrogen) atoms. The molecule has 0 fully saturated rings. The Kier molecular flexibility index (Phi) is 5.43. The van der Waals surface area contributed by atoms with Gasteiger partial charge in [0.15, 0.2) is 6.10 Å². The van der Waals surface area contributed by atoms with E-state index in [4.69, 9.17) is 9.15 Å². The first-order valence-corrected chi connectivity index (χ1v) is 7.28. The van der Waals surface area contributed by atoms with Crippen molar-refractivity contribution in [3.05, 3.63) is 54.0 Å². The molecular formula is C17H21NO3. The van der Waals surface area contributed by atoms with Gasteiger partial charge in [-0.15, -0.1) is 0 Å². The van der Waals surface area contributed by atoms with E-state index < -0.39 is 6.10 Å². The van der Waals surface area contributed by atoms with Crippen LogP contribution in [0.2, 0.25) is 0 Å². The van der Waals surface area contributed by atoms with Crippen LogP contribution < -0.4 is 10.1 Å². The summed E-state index contributed by atoms with van der Waals surface area (Å²) in [6, 6.07) is 11.5. The van der Waals surface area contributed by atoms with E-state index in [0.717, 1.165) is 12.2 Å². The Hall–Kier alpha value is -2.23. The average Bonchev–Trinajstić information content (AvgIpc) is 3.04. The summed E-state index contributed by atoms with van der Waals surface area (Å²) in [5.41, 5.74) is 1.25. The van der Waals surface area contributed by atoms with Crippen molar-refractivity contribution in [1.82, 2.24) is 5.32 Å². The van der Waals surface area contributed by atoms with Crippen molar-refractivity contribution in [2.24, 2.45) is 0 Å². The van der Waals surface area contributed by atoms with E-state index in [-0.39, 0.29) is 5.91 Å². The fourth-order valence-corrected chi connectivity index (χ4v) is 1.99. The minimum Gasteiger partial charge on any atom is -0.481 e. The van der Waals surface area contributed by atoms with E-state index in [1.165, 1.54) is 5.56 Å². The highest BCUT2D eigenvalue weighted by Crippen LogP contribution is 2.15. The lowest BCUT2D eigenvalue weighted by atomic mass is 10.1. The highest BCUT2D eigenvalue weighted by atomic mass is 16.5. The third-order valence-electron chi connectivity index (χ3n) is 3.29. The van der Waals surface area contributed by atoms with Crippen molar-refractivity contribution in [2.75, 3.05) is 0 Å². The summed E-state index contributed by atoms with van der Waals surface area (Å²) in [5.74, 6) is 1.31. The molecule has 0 aliphatic rings. The van der Waals surface area contributed by atoms with Gasteiger partial charge in [-0.3, -0.25) is 4.79 Å². The Balaban J connectivity index is 1.90. The van der Waals surface area contributed by atoms with Gasteiger partial charge in [-0.25, -0.2) is 0 Å². The van der Waals surface area contributed by atoms with Gasteiger partial charge in [0.2, 0.25) is 0 Å². The lowest BCUT2D eigenvalue weighted by molar-refractivity contribution is -0.128. The Labute approximate surface area is 125 Å². The van der Waals surface area contributed by atoms with Gasteiger partial charge in [-0.05, 0) is 42.7 Å². The molecule has 1 N–H and O–H groups in total. The van der Waals surface area contributed by atoms with Gasteiger partial charge >= 0.3 is 0 Å². The predicted octanol–water partition coefficient (Wildman–Crippen LogP) is 3.32. The van der Waals surface area contributed by atoms with Crippen LogP contribution in [-0.4, -0.2) is 12.0 Å². The van der Waals surface area contributed by atoms with E-state index in [0.29, 0.717) is 18.7 Å². The van der Waals surface area contributed by atoms with Crippen LogP contribution >= 0.6 is 0 Å². The van der Waals surface area contributed by atoms with Crippen LogP contribution in [0.3, 0.4) is 0 Å². The zero-order chi connectivity index (χ0) is 15.1. The van der Waals surface area contributed by atoms with E-state index in [1.54, 1.807) is 12.3 Å². The summed E-state index contributed by atoms with van der Waals surface area (Å²) < 4.78 is 10.9. The zero-order valence-electron chi connectivity index (χ0n) is 12.5. The molecule has 1 aromatic heterocycles. The molecule has 0 saturated carbocycles. The molecule has 0 radical (unpaired) electrons. The highest BCUT2D eigenvalue weighted by Gasteiger charge is 2.18. The number of furan rings is 1. The number of amides is 1. The SMILES string of the molecule is CCc1ccc(OC(CC)C(=O)NCc2ccco2)cc1. The van der Waals surface area contributed by atoms with Gasteiger partial charge < -0.3 is 14.5 Å². The van der Waals surface area contributed by atoms with Crippen molar-refractivity contribution >= 4 is 5.91 Å². The van der Waals surface area contributed by atoms with Crippen LogP contribution in [0.15, 0.2) is 47.1 Å². The summed E-state index contributed by atoms with van der Waals surface area (Å²) in [6.07, 6.45) is 2.69. The highest BCUT2D eigenvalue weighted by molar-refractivity contribution is 5.81. The Morgan fingerprint density at radius 1 is 1.24 bits per heavy atom. The average molecular weight is 287 g/mol. The largest absolute Gasteiger partial charge is 0.481 e. The number of carbonyl (C=O) groups is 1. The molecule has 1 atom stereocenters. The molecule has 4 nitrogen and oxygen atoms in total. The second kappa shape index (κ2) is 7.53. The number of hydrogen-bond donors (Lipinski definition) is 1. The molecule has 1 heterocycles. The van der Waals surface area contributed by atoms with Crippen LogP contribution in [0, 0.1) is 0 Å². The van der Waals surface area contributed by atoms with Gasteiger partial charge in [0.05, 0.1) is 12.8 Å². The quantitative estimate of drug-likeness (QED) is 0.850. The zero-order valence-corrected chi connectivity index (χ0v) is 12.5. The van der Waals surface area contributed by atoms with Crippen molar-refractivity contribution < 1.29 is 13.9 Å². The molecule has 0 bridgehead atoms. The Morgan fingerprint density at radius 2 is 2.00 bits per heavy atom. The molecule has 0 spiro atoms. The molecule has 0 aliphatic carbocycles. The van der Waals surface area contributed by atoms with Crippen LogP contribution in [0.25, 0.3) is 0 Å². The minimum absolute atomic E-state index is 0.131. The van der Waals surface area contributed by atoms with Gasteiger partial charge in [-0.1, -0.05) is 26.0 Å². The van der Waals surface area contributed by atoms with E-state index in [2.05, 4.69) is 12.2 Å². The van der Waals surface area contributed by atoms with E-state index in [9.17, 15) is 4.79 Å². The molecule has 1 aromatic carbocycles. The molecular weight excluding hydrogens is 266 g/mol. The first kappa shape index (κ1) is 15.2. The standard InChI is InChI=1S/C17H21NO3/c1-3-13-7-9-14(10-8-13)21-16(4-2)17(19)18-12-15-6-5-11-20-15/h5-11,16H,3-4,12H2,1-2H3,(H,18,19). The van der Waals surface area contributed by atoms with E-state index >= 15 is 0 Å². The Bertz CT molecular complexity index is 546. The van der Waals surface area contributed by atoms with Crippen LogP contribution in [0.5, 0.6) is 5.75 Å². The first-order chi connectivity index (χ1) is 10.2. The maximum atomic E-state index is 12.1. The summed E-state index contributed by atoms with van der Waals surface area (Å²) in [5, 5.41) is 2.82.